The second kappa shape index (κ2) is 12.2. The molecule has 0 bridgehead atoms. The van der Waals surface area contributed by atoms with Crippen LogP contribution in [-0.2, 0) is 16.1 Å². The van der Waals surface area contributed by atoms with Crippen LogP contribution in [0.25, 0.3) is 0 Å². The van der Waals surface area contributed by atoms with Crippen LogP contribution in [0.4, 0.5) is 0 Å². The van der Waals surface area contributed by atoms with E-state index in [1.807, 2.05) is 25.2 Å². The van der Waals surface area contributed by atoms with Crippen LogP contribution in [0.15, 0.2) is 53.0 Å². The third kappa shape index (κ3) is 8.04. The van der Waals surface area contributed by atoms with E-state index in [9.17, 15) is 9.59 Å². The monoisotopic (exact) mass is 462 g/mol. The van der Waals surface area contributed by atoms with Crippen molar-refractivity contribution in [2.75, 3.05) is 14.2 Å². The van der Waals surface area contributed by atoms with Crippen molar-refractivity contribution in [3.8, 4) is 23.3 Å². The number of nitriles is 1. The molecule has 0 aliphatic carbocycles. The van der Waals surface area contributed by atoms with E-state index in [4.69, 9.17) is 24.9 Å². The van der Waals surface area contributed by atoms with E-state index in [-0.39, 0.29) is 0 Å². The summed E-state index contributed by atoms with van der Waals surface area (Å²) in [7, 11) is 3.47. The molecule has 2 aromatic carbocycles. The van der Waals surface area contributed by atoms with Crippen LogP contribution < -0.4 is 14.8 Å². The van der Waals surface area contributed by atoms with Gasteiger partial charge in [-0.2, -0.15) is 5.26 Å². The summed E-state index contributed by atoms with van der Waals surface area (Å²) in [4.78, 5) is 19.1. The zero-order chi connectivity index (χ0) is 21.8. The standard InChI is InChI=1S/C16H15BrN2O2.C4H4O4/c1-19-10-12-4-3-5-14(16(12)20-2)21-15-8-13(17)7-6-11(15)9-18;5-3(6)1-2-4(7)8/h3-8,19H,10H2,1-2H3;1-2H,(H,5,6)(H,7,8). The number of benzene rings is 2. The number of carboxylic acid groups (broad SMARTS) is 2. The van der Waals surface area contributed by atoms with E-state index in [0.29, 0.717) is 41.5 Å². The predicted molar refractivity (Wildman–Crippen MR) is 109 cm³/mol. The summed E-state index contributed by atoms with van der Waals surface area (Å²) in [6, 6.07) is 13.1. The summed E-state index contributed by atoms with van der Waals surface area (Å²) in [6.07, 6.45) is 1.12. The van der Waals surface area contributed by atoms with Gasteiger partial charge < -0.3 is 25.0 Å². The lowest BCUT2D eigenvalue weighted by Crippen LogP contribution is -2.07. The number of ether oxygens (including phenoxy) is 2. The Morgan fingerprint density at radius 1 is 1.17 bits per heavy atom. The minimum absolute atomic E-state index is 0.472. The Kier molecular flexibility index (Phi) is 9.95. The van der Waals surface area contributed by atoms with Crippen LogP contribution >= 0.6 is 15.9 Å². The molecule has 8 nitrogen and oxygen atoms in total. The van der Waals surface area contributed by atoms with E-state index in [0.717, 1.165) is 10.0 Å². The maximum Gasteiger partial charge on any atom is 0.328 e. The number of halogens is 1. The van der Waals surface area contributed by atoms with Gasteiger partial charge in [-0.3, -0.25) is 0 Å². The fourth-order valence-electron chi connectivity index (χ4n) is 2.14. The van der Waals surface area contributed by atoms with E-state index in [1.165, 1.54) is 0 Å². The fraction of sp³-hybridized carbons (Fsp3) is 0.150. The number of hydrogen-bond donors (Lipinski definition) is 3. The normalized spacial score (nSPS) is 9.86. The van der Waals surface area contributed by atoms with Crippen molar-refractivity contribution < 1.29 is 29.3 Å². The van der Waals surface area contributed by atoms with Crippen LogP contribution in [0.5, 0.6) is 17.2 Å². The maximum atomic E-state index is 9.55. The molecule has 0 unspecified atom stereocenters. The Balaban J connectivity index is 0.000000447. The number of nitrogens with zero attached hydrogens (tertiary/aromatic N) is 1. The molecule has 0 saturated carbocycles. The number of methoxy groups -OCH3 is 1. The second-order valence-corrected chi connectivity index (χ2v) is 6.26. The van der Waals surface area contributed by atoms with Gasteiger partial charge in [0.15, 0.2) is 11.5 Å². The van der Waals surface area contributed by atoms with Crippen molar-refractivity contribution in [1.82, 2.24) is 5.32 Å². The summed E-state index contributed by atoms with van der Waals surface area (Å²) in [6.45, 7) is 0.671. The lowest BCUT2D eigenvalue weighted by atomic mass is 10.1. The van der Waals surface area contributed by atoms with Crippen LogP contribution in [0.2, 0.25) is 0 Å². The summed E-state index contributed by atoms with van der Waals surface area (Å²) < 4.78 is 12.2. The molecule has 0 aromatic heterocycles. The molecule has 2 rings (SSSR count). The molecular formula is C20H19BrN2O6. The summed E-state index contributed by atoms with van der Waals surface area (Å²) in [5, 5.41) is 27.9. The third-order valence-electron chi connectivity index (χ3n) is 3.28. The Labute approximate surface area is 176 Å². The van der Waals surface area contributed by atoms with Crippen LogP contribution in [0.1, 0.15) is 11.1 Å². The highest BCUT2D eigenvalue weighted by Gasteiger charge is 2.13. The molecule has 0 atom stereocenters. The van der Waals surface area contributed by atoms with Crippen molar-refractivity contribution in [3.63, 3.8) is 0 Å². The van der Waals surface area contributed by atoms with Gasteiger partial charge in [-0.1, -0.05) is 28.1 Å². The highest BCUT2D eigenvalue weighted by Crippen LogP contribution is 2.36. The first-order valence-electron chi connectivity index (χ1n) is 8.14. The smallest absolute Gasteiger partial charge is 0.328 e. The molecule has 29 heavy (non-hydrogen) atoms. The van der Waals surface area contributed by atoms with Crippen molar-refractivity contribution in [3.05, 3.63) is 64.1 Å². The first-order valence-corrected chi connectivity index (χ1v) is 8.93. The van der Waals surface area contributed by atoms with E-state index < -0.39 is 11.9 Å². The number of nitrogens with one attached hydrogen (secondary N) is 1. The van der Waals surface area contributed by atoms with E-state index in [1.54, 1.807) is 25.3 Å². The van der Waals surface area contributed by atoms with Gasteiger partial charge >= 0.3 is 11.9 Å². The highest BCUT2D eigenvalue weighted by atomic mass is 79.9. The molecule has 0 radical (unpaired) electrons. The average Bonchev–Trinajstić information content (AvgIpc) is 2.68. The number of carbonyl (C=O) groups is 2. The van der Waals surface area contributed by atoms with Gasteiger partial charge in [0.1, 0.15) is 11.8 Å². The predicted octanol–water partition coefficient (Wildman–Crippen LogP) is 3.55. The number of para-hydroxylation sites is 1. The second-order valence-electron chi connectivity index (χ2n) is 5.34. The van der Waals surface area contributed by atoms with Gasteiger partial charge in [0.25, 0.3) is 0 Å². The van der Waals surface area contributed by atoms with Crippen molar-refractivity contribution in [1.29, 1.82) is 5.26 Å². The largest absolute Gasteiger partial charge is 0.492 e. The molecule has 0 amide bonds. The van der Waals surface area contributed by atoms with E-state index in [2.05, 4.69) is 27.3 Å². The first kappa shape index (κ1) is 23.7. The Bertz CT molecular complexity index is 921. The molecule has 152 valence electrons. The maximum absolute atomic E-state index is 9.55. The van der Waals surface area contributed by atoms with Gasteiger partial charge in [0, 0.05) is 28.7 Å². The summed E-state index contributed by atoms with van der Waals surface area (Å²) in [5.74, 6) is -0.776. The van der Waals surface area contributed by atoms with Crippen molar-refractivity contribution >= 4 is 27.9 Å². The minimum Gasteiger partial charge on any atom is -0.492 e. The lowest BCUT2D eigenvalue weighted by molar-refractivity contribution is -0.134. The summed E-state index contributed by atoms with van der Waals surface area (Å²) >= 11 is 3.38. The van der Waals surface area contributed by atoms with E-state index >= 15 is 0 Å². The molecular weight excluding hydrogens is 444 g/mol. The number of rotatable bonds is 7. The van der Waals surface area contributed by atoms with Gasteiger partial charge in [0.2, 0.25) is 0 Å². The topological polar surface area (TPSA) is 129 Å². The quantitative estimate of drug-likeness (QED) is 0.532. The first-order chi connectivity index (χ1) is 13.8. The van der Waals surface area contributed by atoms with Gasteiger partial charge in [-0.05, 0) is 31.3 Å². The number of hydrogen-bond acceptors (Lipinski definition) is 6. The van der Waals surface area contributed by atoms with Crippen molar-refractivity contribution in [2.24, 2.45) is 0 Å². The van der Waals surface area contributed by atoms with Gasteiger partial charge in [-0.25, -0.2) is 9.59 Å². The molecule has 3 N–H and O–H groups in total. The fourth-order valence-corrected chi connectivity index (χ4v) is 2.48. The van der Waals surface area contributed by atoms with Crippen molar-refractivity contribution in [2.45, 2.75) is 6.54 Å². The molecule has 0 saturated heterocycles. The molecule has 0 spiro atoms. The zero-order valence-corrected chi connectivity index (χ0v) is 17.3. The van der Waals surface area contributed by atoms with Crippen LogP contribution in [-0.4, -0.2) is 36.3 Å². The van der Waals surface area contributed by atoms with Crippen LogP contribution in [0, 0.1) is 11.3 Å². The molecule has 0 fully saturated rings. The Morgan fingerprint density at radius 2 is 1.83 bits per heavy atom. The minimum atomic E-state index is -1.26. The number of carboxylic acids is 2. The molecule has 2 aromatic rings. The zero-order valence-electron chi connectivity index (χ0n) is 15.7. The third-order valence-corrected chi connectivity index (χ3v) is 3.78. The average molecular weight is 463 g/mol. The highest BCUT2D eigenvalue weighted by molar-refractivity contribution is 9.10. The lowest BCUT2D eigenvalue weighted by Gasteiger charge is -2.14. The molecule has 0 aliphatic heterocycles. The summed E-state index contributed by atoms with van der Waals surface area (Å²) in [5.41, 5.74) is 1.46. The molecule has 0 heterocycles. The Morgan fingerprint density at radius 3 is 2.34 bits per heavy atom. The molecule has 9 heteroatoms. The number of aliphatic carboxylic acids is 2. The SMILES string of the molecule is CNCc1cccc(Oc2cc(Br)ccc2C#N)c1OC.O=C(O)C=CC(=O)O. The van der Waals surface area contributed by atoms with Crippen LogP contribution in [0.3, 0.4) is 0 Å². The van der Waals surface area contributed by atoms with Gasteiger partial charge in [0.05, 0.1) is 12.7 Å². The van der Waals surface area contributed by atoms with Gasteiger partial charge in [-0.15, -0.1) is 0 Å². The Hall–Kier alpha value is -3.35. The molecule has 0 aliphatic rings.